The molecule has 0 N–H and O–H groups in total. The van der Waals surface area contributed by atoms with Gasteiger partial charge >= 0.3 is 0 Å². The molecule has 0 bridgehead atoms. The molecule has 0 unspecified atom stereocenters. The second-order valence-electron chi connectivity index (χ2n) is 6.73. The van der Waals surface area contributed by atoms with Crippen LogP contribution in [-0.2, 0) is 11.8 Å². The van der Waals surface area contributed by atoms with Crippen molar-refractivity contribution in [3.05, 3.63) is 59.1 Å². The van der Waals surface area contributed by atoms with Crippen LogP contribution >= 0.6 is 11.3 Å². The molecule has 1 saturated heterocycles. The summed E-state index contributed by atoms with van der Waals surface area (Å²) in [5, 5.41) is 11.3. The molecular weight excluding hydrogens is 314 g/mol. The Morgan fingerprint density at radius 2 is 2.00 bits per heavy atom. The smallest absolute Gasteiger partial charge is 0.133 e. The molecular formula is C20H17N3S. The van der Waals surface area contributed by atoms with Crippen molar-refractivity contribution in [3.8, 4) is 6.07 Å². The SMILES string of the molecule is N#C[C@@]1(c2nc3ccccc3s2)Cc2ccccc2N2CCC[C@H]21. The fourth-order valence-corrected chi connectivity index (χ4v) is 5.52. The van der Waals surface area contributed by atoms with E-state index in [0.29, 0.717) is 0 Å². The Kier molecular flexibility index (Phi) is 2.95. The van der Waals surface area contributed by atoms with Crippen molar-refractivity contribution in [1.82, 2.24) is 4.98 Å². The van der Waals surface area contributed by atoms with Gasteiger partial charge in [-0.15, -0.1) is 11.3 Å². The molecule has 2 aliphatic rings. The number of benzene rings is 2. The molecule has 0 aliphatic carbocycles. The lowest BCUT2D eigenvalue weighted by atomic mass is 9.72. The fraction of sp³-hybridized carbons (Fsp3) is 0.300. The van der Waals surface area contributed by atoms with Crippen LogP contribution in [0.1, 0.15) is 23.4 Å². The van der Waals surface area contributed by atoms with Gasteiger partial charge in [0, 0.05) is 18.7 Å². The summed E-state index contributed by atoms with van der Waals surface area (Å²) < 4.78 is 1.17. The van der Waals surface area contributed by atoms with Crippen LogP contribution in [0.15, 0.2) is 48.5 Å². The number of aromatic nitrogens is 1. The van der Waals surface area contributed by atoms with Crippen LogP contribution in [0.25, 0.3) is 10.2 Å². The second-order valence-corrected chi connectivity index (χ2v) is 7.76. The zero-order valence-corrected chi connectivity index (χ0v) is 14.1. The molecule has 0 amide bonds. The predicted octanol–water partition coefficient (Wildman–Crippen LogP) is 4.28. The van der Waals surface area contributed by atoms with Crippen molar-refractivity contribution in [2.24, 2.45) is 0 Å². The van der Waals surface area contributed by atoms with E-state index in [1.165, 1.54) is 16.0 Å². The second kappa shape index (κ2) is 5.06. The van der Waals surface area contributed by atoms with Crippen molar-refractivity contribution in [2.75, 3.05) is 11.4 Å². The van der Waals surface area contributed by atoms with E-state index in [-0.39, 0.29) is 6.04 Å². The van der Waals surface area contributed by atoms with Gasteiger partial charge in [0.05, 0.1) is 22.3 Å². The molecule has 4 heteroatoms. The minimum Gasteiger partial charge on any atom is -0.366 e. The quantitative estimate of drug-likeness (QED) is 0.668. The molecule has 3 nitrogen and oxygen atoms in total. The highest BCUT2D eigenvalue weighted by atomic mass is 32.1. The number of rotatable bonds is 1. The Morgan fingerprint density at radius 3 is 2.88 bits per heavy atom. The summed E-state index contributed by atoms with van der Waals surface area (Å²) in [6, 6.07) is 19.7. The van der Waals surface area contributed by atoms with Gasteiger partial charge in [-0.1, -0.05) is 30.3 Å². The lowest BCUT2D eigenvalue weighted by Gasteiger charge is -2.43. The summed E-state index contributed by atoms with van der Waals surface area (Å²) in [4.78, 5) is 7.33. The molecule has 3 heterocycles. The normalized spacial score (nSPS) is 25.3. The Hall–Kier alpha value is -2.38. The molecule has 0 saturated carbocycles. The third kappa shape index (κ3) is 1.79. The first-order chi connectivity index (χ1) is 11.8. The minimum atomic E-state index is -0.533. The lowest BCUT2D eigenvalue weighted by Crippen LogP contribution is -2.51. The maximum atomic E-state index is 10.3. The number of fused-ring (bicyclic) bond motifs is 4. The summed E-state index contributed by atoms with van der Waals surface area (Å²) in [5.74, 6) is 0. The topological polar surface area (TPSA) is 39.9 Å². The van der Waals surface area contributed by atoms with Gasteiger partial charge in [0.2, 0.25) is 0 Å². The van der Waals surface area contributed by atoms with E-state index in [4.69, 9.17) is 4.98 Å². The van der Waals surface area contributed by atoms with Crippen LogP contribution in [0.4, 0.5) is 5.69 Å². The van der Waals surface area contributed by atoms with Crippen LogP contribution in [0.3, 0.4) is 0 Å². The third-order valence-electron chi connectivity index (χ3n) is 5.47. The number of hydrogen-bond donors (Lipinski definition) is 0. The van der Waals surface area contributed by atoms with Gasteiger partial charge in [-0.05, 0) is 36.6 Å². The van der Waals surface area contributed by atoms with Crippen LogP contribution in [0.2, 0.25) is 0 Å². The van der Waals surface area contributed by atoms with Gasteiger partial charge in [-0.3, -0.25) is 0 Å². The number of nitriles is 1. The van der Waals surface area contributed by atoms with E-state index >= 15 is 0 Å². The fourth-order valence-electron chi connectivity index (χ4n) is 4.37. The Balaban J connectivity index is 1.73. The van der Waals surface area contributed by atoms with E-state index in [2.05, 4.69) is 41.3 Å². The van der Waals surface area contributed by atoms with Gasteiger partial charge in [0.1, 0.15) is 10.4 Å². The van der Waals surface area contributed by atoms with E-state index < -0.39 is 5.41 Å². The Labute approximate surface area is 145 Å². The van der Waals surface area contributed by atoms with Gasteiger partial charge in [-0.25, -0.2) is 4.98 Å². The first kappa shape index (κ1) is 14.0. The van der Waals surface area contributed by atoms with Crippen molar-refractivity contribution >= 4 is 27.2 Å². The number of thiazole rings is 1. The maximum Gasteiger partial charge on any atom is 0.133 e. The largest absolute Gasteiger partial charge is 0.366 e. The van der Waals surface area contributed by atoms with Crippen LogP contribution in [0, 0.1) is 11.3 Å². The van der Waals surface area contributed by atoms with Crippen LogP contribution in [-0.4, -0.2) is 17.6 Å². The van der Waals surface area contributed by atoms with Crippen molar-refractivity contribution in [3.63, 3.8) is 0 Å². The summed E-state index contributed by atoms with van der Waals surface area (Å²) in [7, 11) is 0. The van der Waals surface area contributed by atoms with E-state index in [1.807, 2.05) is 18.2 Å². The number of hydrogen-bond acceptors (Lipinski definition) is 4. The zero-order chi connectivity index (χ0) is 16.1. The molecule has 2 atom stereocenters. The molecule has 2 aromatic carbocycles. The summed E-state index contributed by atoms with van der Waals surface area (Å²) in [5.41, 5.74) is 3.06. The summed E-state index contributed by atoms with van der Waals surface area (Å²) in [6.07, 6.45) is 2.98. The highest BCUT2D eigenvalue weighted by Crippen LogP contribution is 2.48. The zero-order valence-electron chi connectivity index (χ0n) is 13.3. The average Bonchev–Trinajstić information content (AvgIpc) is 3.28. The minimum absolute atomic E-state index is 0.234. The van der Waals surface area contributed by atoms with Crippen molar-refractivity contribution < 1.29 is 0 Å². The number of para-hydroxylation sites is 2. The van der Waals surface area contributed by atoms with E-state index in [1.54, 1.807) is 11.3 Å². The molecule has 0 radical (unpaired) electrons. The molecule has 118 valence electrons. The van der Waals surface area contributed by atoms with E-state index in [0.717, 1.165) is 36.3 Å². The van der Waals surface area contributed by atoms with Gasteiger partial charge in [-0.2, -0.15) is 5.26 Å². The molecule has 1 fully saturated rings. The van der Waals surface area contributed by atoms with Crippen LogP contribution in [0.5, 0.6) is 0 Å². The molecule has 0 spiro atoms. The molecule has 1 aromatic heterocycles. The first-order valence-electron chi connectivity index (χ1n) is 8.44. The molecule has 2 aliphatic heterocycles. The number of anilines is 1. The number of nitrogens with zero attached hydrogens (tertiary/aromatic N) is 3. The van der Waals surface area contributed by atoms with Gasteiger partial charge in [0.15, 0.2) is 0 Å². The first-order valence-corrected chi connectivity index (χ1v) is 9.25. The standard InChI is InChI=1S/C20H17N3S/c21-13-20(19-22-15-7-2-4-9-17(15)24-19)12-14-6-1-3-8-16(14)23-11-5-10-18(20)23/h1-4,6-9,18H,5,10-12H2/t18-,20-/m0/s1. The Morgan fingerprint density at radius 1 is 1.17 bits per heavy atom. The maximum absolute atomic E-state index is 10.3. The van der Waals surface area contributed by atoms with E-state index in [9.17, 15) is 5.26 Å². The highest BCUT2D eigenvalue weighted by molar-refractivity contribution is 7.18. The van der Waals surface area contributed by atoms with Gasteiger partial charge < -0.3 is 4.90 Å². The van der Waals surface area contributed by atoms with Crippen molar-refractivity contribution in [2.45, 2.75) is 30.7 Å². The van der Waals surface area contributed by atoms with Gasteiger partial charge in [0.25, 0.3) is 0 Å². The Bertz CT molecular complexity index is 937. The third-order valence-corrected chi connectivity index (χ3v) is 6.68. The average molecular weight is 331 g/mol. The lowest BCUT2D eigenvalue weighted by molar-refractivity contribution is 0.409. The van der Waals surface area contributed by atoms with Crippen molar-refractivity contribution in [1.29, 1.82) is 5.26 Å². The van der Waals surface area contributed by atoms with Crippen LogP contribution < -0.4 is 4.90 Å². The molecule has 5 rings (SSSR count). The molecule has 3 aromatic rings. The predicted molar refractivity (Wildman–Crippen MR) is 97.4 cm³/mol. The monoisotopic (exact) mass is 331 g/mol. The summed E-state index contributed by atoms with van der Waals surface area (Å²) >= 11 is 1.69. The highest BCUT2D eigenvalue weighted by Gasteiger charge is 2.51. The summed E-state index contributed by atoms with van der Waals surface area (Å²) in [6.45, 7) is 1.04. The molecule has 24 heavy (non-hydrogen) atoms.